The van der Waals surface area contributed by atoms with Crippen LogP contribution in [0.1, 0.15) is 43.4 Å². The number of aryl methyl sites for hydroxylation is 1. The number of aliphatic hydroxyl groups is 2. The standard InChI is InChI=1S/C24H28O3S/c1-5-24(26,6-2)19-11-12-20(16(3)13-19)22-14-21(23(27-4)28-22)18-9-7-17(15-25)8-10-18/h7-14,25-26H,5-6,15H2,1-4H3. The summed E-state index contributed by atoms with van der Waals surface area (Å²) in [7, 11) is 1.69. The van der Waals surface area contributed by atoms with E-state index in [9.17, 15) is 10.2 Å². The van der Waals surface area contributed by atoms with E-state index in [4.69, 9.17) is 4.74 Å². The van der Waals surface area contributed by atoms with Crippen molar-refractivity contribution in [3.8, 4) is 26.6 Å². The van der Waals surface area contributed by atoms with Crippen molar-refractivity contribution in [1.29, 1.82) is 0 Å². The molecule has 3 nitrogen and oxygen atoms in total. The van der Waals surface area contributed by atoms with Gasteiger partial charge in [-0.15, -0.1) is 0 Å². The third-order valence-corrected chi connectivity index (χ3v) is 6.66. The number of ether oxygens (including phenoxy) is 1. The Morgan fingerprint density at radius 2 is 1.64 bits per heavy atom. The van der Waals surface area contributed by atoms with Crippen molar-refractivity contribution < 1.29 is 14.9 Å². The Morgan fingerprint density at radius 3 is 2.18 bits per heavy atom. The van der Waals surface area contributed by atoms with Crippen molar-refractivity contribution in [2.45, 2.75) is 45.8 Å². The van der Waals surface area contributed by atoms with Crippen molar-refractivity contribution in [3.05, 3.63) is 65.2 Å². The van der Waals surface area contributed by atoms with Gasteiger partial charge < -0.3 is 14.9 Å². The van der Waals surface area contributed by atoms with Crippen LogP contribution in [0.4, 0.5) is 0 Å². The molecule has 0 fully saturated rings. The average molecular weight is 397 g/mol. The predicted octanol–water partition coefficient (Wildman–Crippen LogP) is 5.90. The lowest BCUT2D eigenvalue weighted by Crippen LogP contribution is -2.23. The first-order chi connectivity index (χ1) is 13.5. The molecule has 0 unspecified atom stereocenters. The van der Waals surface area contributed by atoms with Crippen molar-refractivity contribution in [1.82, 2.24) is 0 Å². The highest BCUT2D eigenvalue weighted by Gasteiger charge is 2.25. The smallest absolute Gasteiger partial charge is 0.181 e. The summed E-state index contributed by atoms with van der Waals surface area (Å²) in [6.45, 7) is 6.17. The number of thiophene rings is 1. The monoisotopic (exact) mass is 396 g/mol. The molecule has 1 heterocycles. The molecule has 0 aliphatic heterocycles. The van der Waals surface area contributed by atoms with Crippen LogP contribution in [0.15, 0.2) is 48.5 Å². The molecular weight excluding hydrogens is 368 g/mol. The summed E-state index contributed by atoms with van der Waals surface area (Å²) in [5.74, 6) is 0. The van der Waals surface area contributed by atoms with E-state index in [-0.39, 0.29) is 6.61 Å². The first-order valence-electron chi connectivity index (χ1n) is 9.67. The SMILES string of the molecule is CCC(O)(CC)c1ccc(-c2cc(-c3ccc(CO)cc3)c(OC)s2)c(C)c1. The molecule has 0 atom stereocenters. The minimum absolute atomic E-state index is 0.0414. The molecule has 3 aromatic rings. The van der Waals surface area contributed by atoms with Gasteiger partial charge in [0.2, 0.25) is 0 Å². The second-order valence-electron chi connectivity index (χ2n) is 7.14. The van der Waals surface area contributed by atoms with E-state index in [1.165, 1.54) is 0 Å². The largest absolute Gasteiger partial charge is 0.487 e. The van der Waals surface area contributed by atoms with Crippen molar-refractivity contribution in [2.24, 2.45) is 0 Å². The molecule has 0 radical (unpaired) electrons. The second-order valence-corrected chi connectivity index (χ2v) is 8.15. The Hall–Kier alpha value is -2.14. The molecule has 0 saturated carbocycles. The molecule has 2 aromatic carbocycles. The third kappa shape index (κ3) is 3.86. The molecule has 0 amide bonds. The van der Waals surface area contributed by atoms with Crippen LogP contribution < -0.4 is 4.74 Å². The Kier molecular flexibility index (Phi) is 6.23. The van der Waals surface area contributed by atoms with Crippen LogP contribution in [-0.2, 0) is 12.2 Å². The normalized spacial score (nSPS) is 11.6. The zero-order chi connectivity index (χ0) is 20.3. The Balaban J connectivity index is 2.01. The van der Waals surface area contributed by atoms with Gasteiger partial charge in [0.15, 0.2) is 5.06 Å². The van der Waals surface area contributed by atoms with Crippen LogP contribution in [0.3, 0.4) is 0 Å². The summed E-state index contributed by atoms with van der Waals surface area (Å²) in [4.78, 5) is 1.14. The van der Waals surface area contributed by atoms with E-state index in [2.05, 4.69) is 25.1 Å². The molecule has 3 rings (SSSR count). The van der Waals surface area contributed by atoms with Gasteiger partial charge in [0.1, 0.15) is 0 Å². The molecule has 0 aliphatic rings. The van der Waals surface area contributed by atoms with Crippen LogP contribution in [0, 0.1) is 6.92 Å². The topological polar surface area (TPSA) is 49.7 Å². The number of hydrogen-bond acceptors (Lipinski definition) is 4. The fraction of sp³-hybridized carbons (Fsp3) is 0.333. The highest BCUT2D eigenvalue weighted by Crippen LogP contribution is 2.44. The van der Waals surface area contributed by atoms with Gasteiger partial charge in [0.05, 0.1) is 19.3 Å². The first-order valence-corrected chi connectivity index (χ1v) is 10.5. The molecule has 4 heteroatoms. The summed E-state index contributed by atoms with van der Waals surface area (Å²) in [5, 5.41) is 21.0. The maximum absolute atomic E-state index is 10.8. The van der Waals surface area contributed by atoms with Gasteiger partial charge in [-0.1, -0.05) is 67.6 Å². The summed E-state index contributed by atoms with van der Waals surface area (Å²) < 4.78 is 5.64. The maximum Gasteiger partial charge on any atom is 0.181 e. The van der Waals surface area contributed by atoms with E-state index in [0.717, 1.165) is 43.3 Å². The summed E-state index contributed by atoms with van der Waals surface area (Å²) in [5.41, 5.74) is 5.51. The summed E-state index contributed by atoms with van der Waals surface area (Å²) in [6.07, 6.45) is 1.40. The second kappa shape index (κ2) is 8.48. The van der Waals surface area contributed by atoms with Crippen molar-refractivity contribution >= 4 is 11.3 Å². The number of hydrogen-bond donors (Lipinski definition) is 2. The Labute approximate surface area is 171 Å². The zero-order valence-electron chi connectivity index (χ0n) is 17.0. The van der Waals surface area contributed by atoms with E-state index in [1.54, 1.807) is 18.4 Å². The van der Waals surface area contributed by atoms with Gasteiger partial charge in [-0.3, -0.25) is 0 Å². The molecule has 148 valence electrons. The van der Waals surface area contributed by atoms with Gasteiger partial charge in [-0.2, -0.15) is 0 Å². The summed E-state index contributed by atoms with van der Waals surface area (Å²) >= 11 is 1.62. The highest BCUT2D eigenvalue weighted by atomic mass is 32.1. The average Bonchev–Trinajstić information content (AvgIpc) is 3.17. The molecule has 0 bridgehead atoms. The van der Waals surface area contributed by atoms with E-state index >= 15 is 0 Å². The number of methoxy groups -OCH3 is 1. The van der Waals surface area contributed by atoms with Gasteiger partial charge >= 0.3 is 0 Å². The summed E-state index contributed by atoms with van der Waals surface area (Å²) in [6, 6.07) is 16.3. The van der Waals surface area contributed by atoms with Crippen molar-refractivity contribution in [2.75, 3.05) is 7.11 Å². The molecule has 0 spiro atoms. The number of benzene rings is 2. The number of rotatable bonds is 7. The van der Waals surface area contributed by atoms with Crippen LogP contribution in [0.2, 0.25) is 0 Å². The minimum atomic E-state index is -0.768. The van der Waals surface area contributed by atoms with Crippen LogP contribution in [0.5, 0.6) is 5.06 Å². The Morgan fingerprint density at radius 1 is 0.964 bits per heavy atom. The maximum atomic E-state index is 10.8. The van der Waals surface area contributed by atoms with E-state index in [0.29, 0.717) is 12.8 Å². The van der Waals surface area contributed by atoms with E-state index in [1.807, 2.05) is 44.2 Å². The molecule has 0 saturated heterocycles. The zero-order valence-corrected chi connectivity index (χ0v) is 17.8. The predicted molar refractivity (Wildman–Crippen MR) is 117 cm³/mol. The van der Waals surface area contributed by atoms with Crippen LogP contribution >= 0.6 is 11.3 Å². The molecule has 1 aromatic heterocycles. The minimum Gasteiger partial charge on any atom is -0.487 e. The number of aliphatic hydroxyl groups excluding tert-OH is 1. The first kappa shape index (κ1) is 20.6. The van der Waals surface area contributed by atoms with Crippen LogP contribution in [-0.4, -0.2) is 17.3 Å². The lowest BCUT2D eigenvalue weighted by molar-refractivity contribution is 0.0283. The molecular formula is C24H28O3S. The molecule has 28 heavy (non-hydrogen) atoms. The van der Waals surface area contributed by atoms with Gasteiger partial charge in [0.25, 0.3) is 0 Å². The van der Waals surface area contributed by atoms with Gasteiger partial charge in [0, 0.05) is 10.4 Å². The lowest BCUT2D eigenvalue weighted by Gasteiger charge is -2.26. The molecule has 0 aliphatic carbocycles. The molecule has 2 N–H and O–H groups in total. The third-order valence-electron chi connectivity index (χ3n) is 5.53. The van der Waals surface area contributed by atoms with Crippen LogP contribution in [0.25, 0.3) is 21.6 Å². The fourth-order valence-electron chi connectivity index (χ4n) is 3.54. The lowest BCUT2D eigenvalue weighted by atomic mass is 9.86. The Bertz CT molecular complexity index is 937. The van der Waals surface area contributed by atoms with Gasteiger partial charge in [-0.25, -0.2) is 0 Å². The van der Waals surface area contributed by atoms with Crippen molar-refractivity contribution in [3.63, 3.8) is 0 Å². The highest BCUT2D eigenvalue weighted by molar-refractivity contribution is 7.17. The van der Waals surface area contributed by atoms with Gasteiger partial charge in [-0.05, 0) is 53.6 Å². The fourth-order valence-corrected chi connectivity index (χ4v) is 4.62. The van der Waals surface area contributed by atoms with E-state index < -0.39 is 5.60 Å². The quantitative estimate of drug-likeness (QED) is 0.523.